The lowest BCUT2D eigenvalue weighted by atomic mass is 10.3. The Kier molecular flexibility index (Phi) is 6.18. The molecular formula is C12H24N4O. The van der Waals surface area contributed by atoms with Gasteiger partial charge in [-0.1, -0.05) is 0 Å². The molecule has 0 aliphatic carbocycles. The van der Waals surface area contributed by atoms with E-state index in [0.29, 0.717) is 12.6 Å². The standard InChI is InChI=1S/C12H24N4O/c1-11(2)16(6-7-17-3)9-12-8-15(5-4-13)10-14-12/h8,10-11H,4-7,9,13H2,1-3H3. The average Bonchev–Trinajstić information content (AvgIpc) is 2.72. The van der Waals surface area contributed by atoms with E-state index in [9.17, 15) is 0 Å². The first-order valence-corrected chi connectivity index (χ1v) is 6.11. The van der Waals surface area contributed by atoms with Crippen LogP contribution in [0.15, 0.2) is 12.5 Å². The van der Waals surface area contributed by atoms with Gasteiger partial charge < -0.3 is 15.0 Å². The molecule has 5 nitrogen and oxygen atoms in total. The summed E-state index contributed by atoms with van der Waals surface area (Å²) in [5.41, 5.74) is 6.60. The third-order valence-corrected chi connectivity index (χ3v) is 2.75. The predicted molar refractivity (Wildman–Crippen MR) is 68.7 cm³/mol. The van der Waals surface area contributed by atoms with Crippen molar-refractivity contribution in [3.63, 3.8) is 0 Å². The minimum absolute atomic E-state index is 0.491. The van der Waals surface area contributed by atoms with Gasteiger partial charge in [0.1, 0.15) is 0 Å². The van der Waals surface area contributed by atoms with E-state index in [0.717, 1.165) is 31.9 Å². The molecule has 5 heteroatoms. The van der Waals surface area contributed by atoms with Crippen LogP contribution < -0.4 is 5.73 Å². The molecule has 17 heavy (non-hydrogen) atoms. The summed E-state index contributed by atoms with van der Waals surface area (Å²) in [6, 6.07) is 0.491. The Labute approximate surface area is 104 Å². The lowest BCUT2D eigenvalue weighted by molar-refractivity contribution is 0.124. The lowest BCUT2D eigenvalue weighted by Gasteiger charge is -2.25. The van der Waals surface area contributed by atoms with Crippen molar-refractivity contribution < 1.29 is 4.74 Å². The van der Waals surface area contributed by atoms with Crippen LogP contribution in [0, 0.1) is 0 Å². The zero-order chi connectivity index (χ0) is 12.7. The highest BCUT2D eigenvalue weighted by Crippen LogP contribution is 2.06. The van der Waals surface area contributed by atoms with Crippen LogP contribution in [0.5, 0.6) is 0 Å². The summed E-state index contributed by atoms with van der Waals surface area (Å²) in [7, 11) is 1.73. The van der Waals surface area contributed by atoms with Crippen LogP contribution in [-0.4, -0.2) is 47.3 Å². The Morgan fingerprint density at radius 3 is 2.88 bits per heavy atom. The second-order valence-corrected chi connectivity index (χ2v) is 4.45. The van der Waals surface area contributed by atoms with Crippen LogP contribution in [0.4, 0.5) is 0 Å². The van der Waals surface area contributed by atoms with Crippen LogP contribution in [0.25, 0.3) is 0 Å². The fourth-order valence-electron chi connectivity index (χ4n) is 1.70. The molecule has 0 atom stereocenters. The van der Waals surface area contributed by atoms with Crippen molar-refractivity contribution in [2.45, 2.75) is 33.0 Å². The summed E-state index contributed by atoms with van der Waals surface area (Å²) in [4.78, 5) is 6.74. The van der Waals surface area contributed by atoms with E-state index in [1.54, 1.807) is 7.11 Å². The monoisotopic (exact) mass is 240 g/mol. The van der Waals surface area contributed by atoms with Crippen molar-refractivity contribution in [2.24, 2.45) is 5.73 Å². The van der Waals surface area contributed by atoms with Crippen molar-refractivity contribution in [3.05, 3.63) is 18.2 Å². The van der Waals surface area contributed by atoms with Crippen molar-refractivity contribution in [3.8, 4) is 0 Å². The number of ether oxygens (including phenoxy) is 1. The SMILES string of the molecule is COCCN(Cc1cn(CCN)cn1)C(C)C. The van der Waals surface area contributed by atoms with Gasteiger partial charge in [0, 0.05) is 45.5 Å². The van der Waals surface area contributed by atoms with Crippen LogP contribution in [0.2, 0.25) is 0 Å². The minimum atomic E-state index is 0.491. The van der Waals surface area contributed by atoms with E-state index in [2.05, 4.69) is 29.9 Å². The molecule has 0 aromatic carbocycles. The molecule has 0 fully saturated rings. The van der Waals surface area contributed by atoms with E-state index in [4.69, 9.17) is 10.5 Å². The molecule has 0 amide bonds. The van der Waals surface area contributed by atoms with Gasteiger partial charge in [-0.05, 0) is 13.8 Å². The molecule has 0 spiro atoms. The number of nitrogens with two attached hydrogens (primary N) is 1. The Morgan fingerprint density at radius 1 is 1.53 bits per heavy atom. The van der Waals surface area contributed by atoms with Gasteiger partial charge >= 0.3 is 0 Å². The van der Waals surface area contributed by atoms with Gasteiger partial charge in [0.25, 0.3) is 0 Å². The molecule has 0 saturated heterocycles. The van der Waals surface area contributed by atoms with Crippen LogP contribution in [0.1, 0.15) is 19.5 Å². The molecule has 0 saturated carbocycles. The van der Waals surface area contributed by atoms with Crippen molar-refractivity contribution in [1.29, 1.82) is 0 Å². The lowest BCUT2D eigenvalue weighted by Crippen LogP contribution is -2.33. The average molecular weight is 240 g/mol. The Bertz CT molecular complexity index is 311. The molecule has 1 rings (SSSR count). The first-order valence-electron chi connectivity index (χ1n) is 6.11. The highest BCUT2D eigenvalue weighted by atomic mass is 16.5. The summed E-state index contributed by atoms with van der Waals surface area (Å²) in [6.07, 6.45) is 3.91. The molecule has 98 valence electrons. The second-order valence-electron chi connectivity index (χ2n) is 4.45. The number of rotatable bonds is 8. The molecule has 0 radical (unpaired) electrons. The Balaban J connectivity index is 2.52. The fraction of sp³-hybridized carbons (Fsp3) is 0.750. The van der Waals surface area contributed by atoms with E-state index in [1.807, 2.05) is 10.9 Å². The van der Waals surface area contributed by atoms with E-state index in [-0.39, 0.29) is 0 Å². The maximum atomic E-state index is 5.51. The largest absolute Gasteiger partial charge is 0.383 e. The van der Waals surface area contributed by atoms with Gasteiger partial charge in [-0.3, -0.25) is 4.90 Å². The van der Waals surface area contributed by atoms with Gasteiger partial charge in [-0.25, -0.2) is 4.98 Å². The molecular weight excluding hydrogens is 216 g/mol. The zero-order valence-corrected chi connectivity index (χ0v) is 11.1. The van der Waals surface area contributed by atoms with Gasteiger partial charge in [0.15, 0.2) is 0 Å². The normalized spacial score (nSPS) is 11.6. The molecule has 2 N–H and O–H groups in total. The third-order valence-electron chi connectivity index (χ3n) is 2.75. The van der Waals surface area contributed by atoms with E-state index < -0.39 is 0 Å². The number of nitrogens with zero attached hydrogens (tertiary/aromatic N) is 3. The summed E-state index contributed by atoms with van der Waals surface area (Å²) < 4.78 is 7.15. The summed E-state index contributed by atoms with van der Waals surface area (Å²) >= 11 is 0. The molecule has 1 aromatic rings. The van der Waals surface area contributed by atoms with Gasteiger partial charge in [-0.15, -0.1) is 0 Å². The molecule has 0 unspecified atom stereocenters. The summed E-state index contributed by atoms with van der Waals surface area (Å²) in [5, 5.41) is 0. The van der Waals surface area contributed by atoms with Crippen molar-refractivity contribution in [2.75, 3.05) is 26.8 Å². The van der Waals surface area contributed by atoms with Gasteiger partial charge in [-0.2, -0.15) is 0 Å². The predicted octanol–water partition coefficient (Wildman–Crippen LogP) is 0.699. The first-order chi connectivity index (χ1) is 8.17. The van der Waals surface area contributed by atoms with Crippen LogP contribution in [-0.2, 0) is 17.8 Å². The first kappa shape index (κ1) is 14.2. The third kappa shape index (κ3) is 4.85. The maximum absolute atomic E-state index is 5.51. The topological polar surface area (TPSA) is 56.3 Å². The van der Waals surface area contributed by atoms with Crippen LogP contribution in [0.3, 0.4) is 0 Å². The Morgan fingerprint density at radius 2 is 2.29 bits per heavy atom. The van der Waals surface area contributed by atoms with E-state index >= 15 is 0 Å². The second kappa shape index (κ2) is 7.42. The summed E-state index contributed by atoms with van der Waals surface area (Å²) in [6.45, 7) is 8.39. The number of hydrogen-bond acceptors (Lipinski definition) is 4. The van der Waals surface area contributed by atoms with Crippen molar-refractivity contribution in [1.82, 2.24) is 14.5 Å². The molecule has 0 aliphatic heterocycles. The quantitative estimate of drug-likeness (QED) is 0.726. The number of hydrogen-bond donors (Lipinski definition) is 1. The highest BCUT2D eigenvalue weighted by molar-refractivity contribution is 4.97. The maximum Gasteiger partial charge on any atom is 0.0950 e. The van der Waals surface area contributed by atoms with Crippen LogP contribution >= 0.6 is 0 Å². The smallest absolute Gasteiger partial charge is 0.0950 e. The zero-order valence-electron chi connectivity index (χ0n) is 11.1. The molecule has 0 bridgehead atoms. The number of imidazole rings is 1. The van der Waals surface area contributed by atoms with Crippen molar-refractivity contribution >= 4 is 0 Å². The molecule has 1 heterocycles. The summed E-state index contributed by atoms with van der Waals surface area (Å²) in [5.74, 6) is 0. The highest BCUT2D eigenvalue weighted by Gasteiger charge is 2.11. The van der Waals surface area contributed by atoms with E-state index in [1.165, 1.54) is 0 Å². The molecule has 1 aromatic heterocycles. The number of methoxy groups -OCH3 is 1. The fourth-order valence-corrected chi connectivity index (χ4v) is 1.70. The molecule has 0 aliphatic rings. The Hall–Kier alpha value is -0.910. The van der Waals surface area contributed by atoms with Gasteiger partial charge in [0.05, 0.1) is 18.6 Å². The number of aromatic nitrogens is 2. The minimum Gasteiger partial charge on any atom is -0.383 e. The van der Waals surface area contributed by atoms with Gasteiger partial charge in [0.2, 0.25) is 0 Å².